The second-order valence-corrected chi connectivity index (χ2v) is 7.29. The molecule has 2 heterocycles. The Hall–Kier alpha value is -1.10. The van der Waals surface area contributed by atoms with Crippen molar-refractivity contribution in [2.24, 2.45) is 11.3 Å². The van der Waals surface area contributed by atoms with E-state index in [9.17, 15) is 4.79 Å². The van der Waals surface area contributed by atoms with Gasteiger partial charge < -0.3 is 15.5 Å². The fourth-order valence-electron chi connectivity index (χ4n) is 4.11. The van der Waals surface area contributed by atoms with Gasteiger partial charge in [0.15, 0.2) is 0 Å². The lowest BCUT2D eigenvalue weighted by Gasteiger charge is -2.37. The summed E-state index contributed by atoms with van der Waals surface area (Å²) in [7, 11) is 0. The molecule has 3 atom stereocenters. The van der Waals surface area contributed by atoms with Crippen LogP contribution in [0, 0.1) is 11.3 Å². The van der Waals surface area contributed by atoms with Crippen molar-refractivity contribution in [1.82, 2.24) is 15.5 Å². The fourth-order valence-corrected chi connectivity index (χ4v) is 4.31. The molecule has 3 aliphatic rings. The number of benzene rings is 1. The van der Waals surface area contributed by atoms with Gasteiger partial charge in [0.1, 0.15) is 0 Å². The van der Waals surface area contributed by atoms with Crippen LogP contribution < -0.4 is 10.6 Å². The zero-order valence-corrected chi connectivity index (χ0v) is 13.4. The number of hydrogen-bond acceptors (Lipinski definition) is 3. The largest absolute Gasteiger partial charge is 0.333 e. The highest BCUT2D eigenvalue weighted by molar-refractivity contribution is 6.30. The van der Waals surface area contributed by atoms with Crippen molar-refractivity contribution in [3.05, 3.63) is 34.9 Å². The highest BCUT2D eigenvalue weighted by atomic mass is 35.5. The van der Waals surface area contributed by atoms with Crippen LogP contribution in [0.4, 0.5) is 0 Å². The van der Waals surface area contributed by atoms with Gasteiger partial charge in [-0.05, 0) is 42.5 Å². The fraction of sp³-hybridized carbons (Fsp3) is 0.588. The van der Waals surface area contributed by atoms with Crippen LogP contribution in [0.15, 0.2) is 24.3 Å². The summed E-state index contributed by atoms with van der Waals surface area (Å²) in [6, 6.07) is 8.01. The molecule has 2 N–H and O–H groups in total. The maximum Gasteiger partial charge on any atom is 0.226 e. The lowest BCUT2D eigenvalue weighted by molar-refractivity contribution is -0.136. The van der Waals surface area contributed by atoms with Crippen molar-refractivity contribution in [1.29, 1.82) is 0 Å². The molecule has 22 heavy (non-hydrogen) atoms. The van der Waals surface area contributed by atoms with Crippen LogP contribution in [0.1, 0.15) is 24.4 Å². The summed E-state index contributed by atoms with van der Waals surface area (Å²) in [4.78, 5) is 15.1. The quantitative estimate of drug-likeness (QED) is 0.874. The number of nitrogens with zero attached hydrogens (tertiary/aromatic N) is 1. The Morgan fingerprint density at radius 3 is 3.00 bits per heavy atom. The molecule has 3 fully saturated rings. The number of hydrogen-bond donors (Lipinski definition) is 2. The van der Waals surface area contributed by atoms with Crippen LogP contribution in [0.25, 0.3) is 0 Å². The van der Waals surface area contributed by atoms with Crippen LogP contribution in [0.2, 0.25) is 5.02 Å². The molecule has 3 unspecified atom stereocenters. The van der Waals surface area contributed by atoms with E-state index in [4.69, 9.17) is 11.6 Å². The minimum atomic E-state index is 0.104. The summed E-state index contributed by atoms with van der Waals surface area (Å²) < 4.78 is 0. The van der Waals surface area contributed by atoms with Gasteiger partial charge in [-0.3, -0.25) is 4.79 Å². The Labute approximate surface area is 136 Å². The molecule has 1 amide bonds. The van der Waals surface area contributed by atoms with Gasteiger partial charge in [0.05, 0.1) is 6.04 Å². The van der Waals surface area contributed by atoms with Gasteiger partial charge in [0.25, 0.3) is 0 Å². The van der Waals surface area contributed by atoms with Crippen molar-refractivity contribution in [3.8, 4) is 0 Å². The van der Waals surface area contributed by atoms with E-state index in [-0.39, 0.29) is 17.4 Å². The van der Waals surface area contributed by atoms with Gasteiger partial charge in [-0.25, -0.2) is 0 Å². The second kappa shape index (κ2) is 5.52. The number of piperazine rings is 1. The first-order chi connectivity index (χ1) is 10.7. The summed E-state index contributed by atoms with van der Waals surface area (Å²) in [5.41, 5.74) is 1.40. The zero-order valence-electron chi connectivity index (χ0n) is 12.6. The minimum absolute atomic E-state index is 0.104. The third-order valence-corrected chi connectivity index (χ3v) is 5.76. The molecule has 1 saturated carbocycles. The van der Waals surface area contributed by atoms with Gasteiger partial charge in [-0.1, -0.05) is 23.7 Å². The summed E-state index contributed by atoms with van der Waals surface area (Å²) in [5.74, 6) is 0.567. The molecule has 1 aliphatic carbocycles. The molecule has 2 saturated heterocycles. The number of halogens is 1. The van der Waals surface area contributed by atoms with E-state index in [2.05, 4.69) is 21.6 Å². The van der Waals surface area contributed by atoms with Gasteiger partial charge >= 0.3 is 0 Å². The van der Waals surface area contributed by atoms with Gasteiger partial charge in [-0.15, -0.1) is 0 Å². The van der Waals surface area contributed by atoms with Gasteiger partial charge in [0.2, 0.25) is 5.91 Å². The maximum absolute atomic E-state index is 13.0. The Balaban J connectivity index is 1.55. The monoisotopic (exact) mass is 319 g/mol. The van der Waals surface area contributed by atoms with E-state index in [1.165, 1.54) is 0 Å². The molecule has 0 bridgehead atoms. The Morgan fingerprint density at radius 2 is 2.23 bits per heavy atom. The highest BCUT2D eigenvalue weighted by Crippen LogP contribution is 2.57. The van der Waals surface area contributed by atoms with E-state index in [1.807, 2.05) is 18.2 Å². The molecule has 4 rings (SSSR count). The van der Waals surface area contributed by atoms with Gasteiger partial charge in [-0.2, -0.15) is 0 Å². The van der Waals surface area contributed by atoms with Gasteiger partial charge in [0, 0.05) is 37.1 Å². The zero-order chi connectivity index (χ0) is 15.2. The number of amides is 1. The predicted molar refractivity (Wildman–Crippen MR) is 86.8 cm³/mol. The van der Waals surface area contributed by atoms with Crippen LogP contribution in [0.5, 0.6) is 0 Å². The average molecular weight is 320 g/mol. The second-order valence-electron chi connectivity index (χ2n) is 6.85. The van der Waals surface area contributed by atoms with Crippen molar-refractivity contribution in [2.45, 2.75) is 18.9 Å². The van der Waals surface area contributed by atoms with Crippen molar-refractivity contribution >= 4 is 17.5 Å². The van der Waals surface area contributed by atoms with E-state index < -0.39 is 0 Å². The molecule has 1 aromatic rings. The first kappa shape index (κ1) is 14.5. The number of rotatable bonds is 2. The third-order valence-electron chi connectivity index (χ3n) is 5.52. The van der Waals surface area contributed by atoms with E-state index >= 15 is 0 Å². The maximum atomic E-state index is 13.0. The molecular weight excluding hydrogens is 298 g/mol. The van der Waals surface area contributed by atoms with Crippen LogP contribution >= 0.6 is 11.6 Å². The number of carbonyl (C=O) groups excluding carboxylic acids is 1. The molecule has 118 valence electrons. The Kier molecular flexibility index (Phi) is 3.63. The van der Waals surface area contributed by atoms with Crippen molar-refractivity contribution < 1.29 is 4.79 Å². The lowest BCUT2D eigenvalue weighted by atomic mass is 9.99. The highest BCUT2D eigenvalue weighted by Gasteiger charge is 2.60. The normalized spacial score (nSPS) is 34.1. The molecular formula is C17H22ClN3O. The minimum Gasteiger partial charge on any atom is -0.333 e. The van der Waals surface area contributed by atoms with Crippen LogP contribution in [-0.2, 0) is 4.79 Å². The molecule has 0 radical (unpaired) electrons. The average Bonchev–Trinajstić information content (AvgIpc) is 3.03. The van der Waals surface area contributed by atoms with E-state index in [0.717, 1.165) is 56.2 Å². The first-order valence-corrected chi connectivity index (χ1v) is 8.55. The molecule has 4 nitrogen and oxygen atoms in total. The summed E-state index contributed by atoms with van der Waals surface area (Å²) in [5, 5.41) is 7.56. The number of carbonyl (C=O) groups is 1. The molecule has 0 aromatic heterocycles. The first-order valence-electron chi connectivity index (χ1n) is 8.17. The smallest absolute Gasteiger partial charge is 0.226 e. The summed E-state index contributed by atoms with van der Waals surface area (Å²) in [6.45, 7) is 4.54. The topological polar surface area (TPSA) is 44.4 Å². The summed E-state index contributed by atoms with van der Waals surface area (Å²) in [6.07, 6.45) is 2.21. The van der Waals surface area contributed by atoms with Crippen molar-refractivity contribution in [2.75, 3.05) is 32.7 Å². The molecule has 2 aliphatic heterocycles. The number of nitrogens with one attached hydrogen (secondary N) is 2. The van der Waals surface area contributed by atoms with Crippen molar-refractivity contribution in [3.63, 3.8) is 0 Å². The lowest BCUT2D eigenvalue weighted by Crippen LogP contribution is -2.49. The summed E-state index contributed by atoms with van der Waals surface area (Å²) >= 11 is 6.13. The SMILES string of the molecule is O=C(C1CC12CCNC2)N1CCNCC1c1cccc(Cl)c1. The van der Waals surface area contributed by atoms with Crippen LogP contribution in [0.3, 0.4) is 0 Å². The Bertz CT molecular complexity index is 585. The third kappa shape index (κ3) is 2.43. The van der Waals surface area contributed by atoms with E-state index in [1.54, 1.807) is 0 Å². The molecule has 1 spiro atoms. The Morgan fingerprint density at radius 1 is 1.32 bits per heavy atom. The van der Waals surface area contributed by atoms with E-state index in [0.29, 0.717) is 5.91 Å². The molecule has 1 aromatic carbocycles. The standard InChI is InChI=1S/C17H22ClN3O/c18-13-3-1-2-12(8-13)15-10-19-6-7-21(15)16(22)14-9-17(14)4-5-20-11-17/h1-3,8,14-15,19-20H,4-7,9-11H2. The van der Waals surface area contributed by atoms with Crippen LogP contribution in [-0.4, -0.2) is 43.5 Å². The molecule has 5 heteroatoms. The predicted octanol–water partition coefficient (Wildman–Crippen LogP) is 1.81.